The van der Waals surface area contributed by atoms with E-state index in [9.17, 15) is 4.79 Å². The van der Waals surface area contributed by atoms with Crippen LogP contribution in [-0.2, 0) is 4.79 Å². The van der Waals surface area contributed by atoms with Gasteiger partial charge in [0.05, 0.1) is 19.2 Å². The fourth-order valence-corrected chi connectivity index (χ4v) is 3.71. The summed E-state index contributed by atoms with van der Waals surface area (Å²) in [7, 11) is 1.66. The molecule has 1 aliphatic rings. The number of hydrogen-bond acceptors (Lipinski definition) is 4. The number of aromatic nitrogens is 3. The summed E-state index contributed by atoms with van der Waals surface area (Å²) in [6.45, 7) is 1.88. The van der Waals surface area contributed by atoms with Gasteiger partial charge in [-0.1, -0.05) is 49.4 Å². The Kier molecular flexibility index (Phi) is 4.62. The van der Waals surface area contributed by atoms with Gasteiger partial charge in [-0.05, 0) is 29.7 Å². The highest BCUT2D eigenvalue weighted by Gasteiger charge is 2.38. The molecule has 0 fully saturated rings. The van der Waals surface area contributed by atoms with Crippen molar-refractivity contribution in [3.8, 4) is 5.75 Å². The van der Waals surface area contributed by atoms with E-state index in [0.29, 0.717) is 12.4 Å². The number of fused-ring (bicyclic) bond motifs is 1. The van der Waals surface area contributed by atoms with E-state index in [1.165, 1.54) is 6.33 Å². The van der Waals surface area contributed by atoms with Crippen LogP contribution >= 0.6 is 0 Å². The minimum Gasteiger partial charge on any atom is -0.497 e. The molecule has 3 aromatic rings. The zero-order valence-electron chi connectivity index (χ0n) is 15.4. The Morgan fingerprint density at radius 1 is 1.07 bits per heavy atom. The Morgan fingerprint density at radius 2 is 1.78 bits per heavy atom. The average Bonchev–Trinajstić information content (AvgIpc) is 3.22. The number of methoxy groups -OCH3 is 1. The molecular formula is C21H22N4O2. The van der Waals surface area contributed by atoms with Gasteiger partial charge in [0.2, 0.25) is 11.9 Å². The lowest BCUT2D eigenvalue weighted by atomic mass is 9.91. The minimum atomic E-state index is -0.0811. The molecule has 0 bridgehead atoms. The smallest absolute Gasteiger partial charge is 0.231 e. The van der Waals surface area contributed by atoms with E-state index in [0.717, 1.165) is 23.3 Å². The lowest BCUT2D eigenvalue weighted by molar-refractivity contribution is -0.119. The fourth-order valence-electron chi connectivity index (χ4n) is 3.71. The van der Waals surface area contributed by atoms with Crippen LogP contribution in [0.3, 0.4) is 0 Å². The van der Waals surface area contributed by atoms with Crippen molar-refractivity contribution >= 4 is 11.9 Å². The number of anilines is 1. The quantitative estimate of drug-likeness (QED) is 0.709. The molecular weight excluding hydrogens is 340 g/mol. The van der Waals surface area contributed by atoms with Gasteiger partial charge in [-0.15, -0.1) is 0 Å². The molecule has 0 aliphatic carbocycles. The predicted molar refractivity (Wildman–Crippen MR) is 103 cm³/mol. The van der Waals surface area contributed by atoms with Crippen molar-refractivity contribution in [3.63, 3.8) is 0 Å². The summed E-state index contributed by atoms with van der Waals surface area (Å²) < 4.78 is 7.13. The van der Waals surface area contributed by atoms with E-state index in [2.05, 4.69) is 22.2 Å². The molecule has 2 aromatic carbocycles. The number of benzene rings is 2. The van der Waals surface area contributed by atoms with Gasteiger partial charge in [-0.2, -0.15) is 10.1 Å². The summed E-state index contributed by atoms with van der Waals surface area (Å²) in [6.07, 6.45) is 2.68. The highest BCUT2D eigenvalue weighted by Crippen LogP contribution is 2.42. The topological polar surface area (TPSA) is 60.2 Å². The van der Waals surface area contributed by atoms with E-state index in [4.69, 9.17) is 4.74 Å². The van der Waals surface area contributed by atoms with Gasteiger partial charge in [0.1, 0.15) is 12.1 Å². The molecule has 0 saturated heterocycles. The normalized spacial score (nSPS) is 18.8. The zero-order chi connectivity index (χ0) is 18.8. The van der Waals surface area contributed by atoms with Crippen LogP contribution in [0.5, 0.6) is 5.75 Å². The second kappa shape index (κ2) is 7.23. The average molecular weight is 362 g/mol. The number of amides is 1. The fraction of sp³-hybridized carbons (Fsp3) is 0.286. The first-order chi connectivity index (χ1) is 13.2. The second-order valence-corrected chi connectivity index (χ2v) is 6.57. The van der Waals surface area contributed by atoms with Crippen LogP contribution in [-0.4, -0.2) is 27.8 Å². The Balaban J connectivity index is 1.81. The molecule has 1 aromatic heterocycles. The number of ether oxygens (including phenoxy) is 1. The minimum absolute atomic E-state index is 0.000446. The van der Waals surface area contributed by atoms with Gasteiger partial charge in [-0.25, -0.2) is 4.68 Å². The number of rotatable bonds is 4. The Morgan fingerprint density at radius 3 is 2.44 bits per heavy atom. The lowest BCUT2D eigenvalue weighted by Crippen LogP contribution is -2.42. The largest absolute Gasteiger partial charge is 0.497 e. The van der Waals surface area contributed by atoms with Crippen molar-refractivity contribution in [2.75, 3.05) is 12.0 Å². The number of carbonyl (C=O) groups excluding carboxylic acids is 1. The first-order valence-electron chi connectivity index (χ1n) is 9.13. The molecule has 0 N–H and O–H groups in total. The molecule has 4 rings (SSSR count). The van der Waals surface area contributed by atoms with E-state index in [1.807, 2.05) is 54.1 Å². The van der Waals surface area contributed by atoms with E-state index >= 15 is 0 Å². The number of nitrogens with zero attached hydrogens (tertiary/aromatic N) is 4. The van der Waals surface area contributed by atoms with Crippen LogP contribution in [0.4, 0.5) is 5.95 Å². The van der Waals surface area contributed by atoms with Crippen LogP contribution in [0, 0.1) is 0 Å². The third-order valence-corrected chi connectivity index (χ3v) is 5.08. The molecule has 2 atom stereocenters. The molecule has 6 nitrogen and oxygen atoms in total. The molecule has 6 heteroatoms. The molecule has 0 unspecified atom stereocenters. The molecule has 1 amide bonds. The highest BCUT2D eigenvalue weighted by molar-refractivity contribution is 5.92. The van der Waals surface area contributed by atoms with Crippen molar-refractivity contribution in [3.05, 3.63) is 72.1 Å². The standard InChI is InChI=1S/C21H22N4O2/c1-3-20(26)24-18(15-7-5-4-6-8-15)13-19(25-21(24)22-14-23-25)16-9-11-17(27-2)12-10-16/h4-12,14,18-19H,3,13H2,1-2H3/t18-,19-/m1/s1. The van der Waals surface area contributed by atoms with Gasteiger partial charge in [-0.3, -0.25) is 9.69 Å². The molecule has 0 radical (unpaired) electrons. The summed E-state index contributed by atoms with van der Waals surface area (Å²) in [5.74, 6) is 1.46. The molecule has 27 heavy (non-hydrogen) atoms. The Hall–Kier alpha value is -3.15. The molecule has 1 aliphatic heterocycles. The van der Waals surface area contributed by atoms with E-state index < -0.39 is 0 Å². The van der Waals surface area contributed by atoms with Crippen molar-refractivity contribution in [1.29, 1.82) is 0 Å². The van der Waals surface area contributed by atoms with Gasteiger partial charge in [0.25, 0.3) is 0 Å². The summed E-state index contributed by atoms with van der Waals surface area (Å²) in [6, 6.07) is 18.1. The Labute approximate surface area is 158 Å². The molecule has 0 saturated carbocycles. The second-order valence-electron chi connectivity index (χ2n) is 6.57. The molecule has 0 spiro atoms. The van der Waals surface area contributed by atoms with Crippen LogP contribution in [0.15, 0.2) is 60.9 Å². The molecule has 138 valence electrons. The van der Waals surface area contributed by atoms with Crippen LogP contribution in [0.2, 0.25) is 0 Å². The van der Waals surface area contributed by atoms with Crippen LogP contribution in [0.1, 0.15) is 43.0 Å². The summed E-state index contributed by atoms with van der Waals surface area (Å²) in [5, 5.41) is 4.43. The van der Waals surface area contributed by atoms with Crippen LogP contribution < -0.4 is 9.64 Å². The van der Waals surface area contributed by atoms with Crippen molar-refractivity contribution in [1.82, 2.24) is 14.8 Å². The maximum absolute atomic E-state index is 12.8. The third kappa shape index (κ3) is 3.07. The van der Waals surface area contributed by atoms with Crippen LogP contribution in [0.25, 0.3) is 0 Å². The van der Waals surface area contributed by atoms with Gasteiger partial charge < -0.3 is 4.74 Å². The zero-order valence-corrected chi connectivity index (χ0v) is 15.4. The van der Waals surface area contributed by atoms with Crippen molar-refractivity contribution in [2.45, 2.75) is 31.8 Å². The first kappa shape index (κ1) is 17.3. The van der Waals surface area contributed by atoms with E-state index in [-0.39, 0.29) is 18.0 Å². The van der Waals surface area contributed by atoms with Gasteiger partial charge >= 0.3 is 0 Å². The maximum Gasteiger partial charge on any atom is 0.231 e. The van der Waals surface area contributed by atoms with Gasteiger partial charge in [0, 0.05) is 6.42 Å². The predicted octanol–water partition coefficient (Wildman–Crippen LogP) is 3.76. The SMILES string of the molecule is CCC(=O)N1c2ncnn2[C@@H](c2ccc(OC)cc2)C[C@@H]1c1ccccc1. The number of carbonyl (C=O) groups is 1. The number of hydrogen-bond donors (Lipinski definition) is 0. The monoisotopic (exact) mass is 362 g/mol. The van der Waals surface area contributed by atoms with Gasteiger partial charge in [0.15, 0.2) is 0 Å². The van der Waals surface area contributed by atoms with Crippen molar-refractivity contribution < 1.29 is 9.53 Å². The Bertz CT molecular complexity index is 921. The summed E-state index contributed by atoms with van der Waals surface area (Å²) in [4.78, 5) is 19.0. The molecule has 2 heterocycles. The first-order valence-corrected chi connectivity index (χ1v) is 9.13. The lowest BCUT2D eigenvalue weighted by Gasteiger charge is -2.39. The third-order valence-electron chi connectivity index (χ3n) is 5.08. The maximum atomic E-state index is 12.8. The van der Waals surface area contributed by atoms with Crippen molar-refractivity contribution in [2.24, 2.45) is 0 Å². The van der Waals surface area contributed by atoms with E-state index in [1.54, 1.807) is 12.0 Å². The summed E-state index contributed by atoms with van der Waals surface area (Å²) >= 11 is 0. The summed E-state index contributed by atoms with van der Waals surface area (Å²) in [5.41, 5.74) is 2.22. The highest BCUT2D eigenvalue weighted by atomic mass is 16.5.